The van der Waals surface area contributed by atoms with Gasteiger partial charge in [-0.25, -0.2) is 17.2 Å². The monoisotopic (exact) mass is 370 g/mol. The van der Waals surface area contributed by atoms with Gasteiger partial charge in [-0.15, -0.1) is 0 Å². The van der Waals surface area contributed by atoms with Gasteiger partial charge in [0, 0.05) is 38.7 Å². The minimum atomic E-state index is -4.04. The van der Waals surface area contributed by atoms with Crippen molar-refractivity contribution in [3.63, 3.8) is 0 Å². The summed E-state index contributed by atoms with van der Waals surface area (Å²) in [6, 6.07) is 2.41. The maximum Gasteiger partial charge on any atom is 0.246 e. The standard InChI is InChI=1S/C17H20F2N2O3S/c18-14-5-6-16(15(19)12-14)25(23,24)21-9-7-20(8-10-21)17(22)11-13-3-1-2-4-13/h1,3,5-6,12-13H,2,4,7-11H2/t13-/m1/s1. The minimum Gasteiger partial charge on any atom is -0.340 e. The molecule has 1 aromatic rings. The van der Waals surface area contributed by atoms with Crippen LogP contribution >= 0.6 is 0 Å². The molecule has 0 saturated carbocycles. The molecule has 0 N–H and O–H groups in total. The third-order valence-electron chi connectivity index (χ3n) is 4.65. The molecule has 2 aliphatic rings. The van der Waals surface area contributed by atoms with Crippen molar-refractivity contribution in [2.24, 2.45) is 5.92 Å². The van der Waals surface area contributed by atoms with Crippen LogP contribution in [0.5, 0.6) is 0 Å². The molecule has 1 heterocycles. The number of hydrogen-bond donors (Lipinski definition) is 0. The van der Waals surface area contributed by atoms with E-state index in [2.05, 4.69) is 12.2 Å². The van der Waals surface area contributed by atoms with Gasteiger partial charge in [0.05, 0.1) is 0 Å². The molecule has 3 rings (SSSR count). The van der Waals surface area contributed by atoms with Crippen molar-refractivity contribution >= 4 is 15.9 Å². The zero-order valence-corrected chi connectivity index (χ0v) is 14.5. The van der Waals surface area contributed by atoms with Crippen molar-refractivity contribution in [1.82, 2.24) is 9.21 Å². The Kier molecular flexibility index (Phi) is 5.19. The van der Waals surface area contributed by atoms with Gasteiger partial charge in [0.2, 0.25) is 15.9 Å². The fourth-order valence-corrected chi connectivity index (χ4v) is 4.69. The first-order valence-electron chi connectivity index (χ1n) is 8.27. The van der Waals surface area contributed by atoms with E-state index in [0.29, 0.717) is 12.5 Å². The molecule has 0 aromatic heterocycles. The van der Waals surface area contributed by atoms with Gasteiger partial charge in [-0.05, 0) is 30.9 Å². The first-order chi connectivity index (χ1) is 11.9. The topological polar surface area (TPSA) is 57.7 Å². The van der Waals surface area contributed by atoms with Gasteiger partial charge < -0.3 is 4.90 Å². The van der Waals surface area contributed by atoms with Gasteiger partial charge in [0.15, 0.2) is 0 Å². The van der Waals surface area contributed by atoms with Crippen LogP contribution in [0.25, 0.3) is 0 Å². The average Bonchev–Trinajstić information content (AvgIpc) is 3.07. The number of allylic oxidation sites excluding steroid dienone is 2. The van der Waals surface area contributed by atoms with Crippen LogP contribution in [0.4, 0.5) is 8.78 Å². The molecule has 0 radical (unpaired) electrons. The van der Waals surface area contributed by atoms with Crippen LogP contribution in [0.15, 0.2) is 35.2 Å². The quantitative estimate of drug-likeness (QED) is 0.763. The predicted molar refractivity (Wildman–Crippen MR) is 88.2 cm³/mol. The molecule has 8 heteroatoms. The summed E-state index contributed by atoms with van der Waals surface area (Å²) in [6.45, 7) is 0.755. The molecule has 0 bridgehead atoms. The van der Waals surface area contributed by atoms with Crippen LogP contribution in [-0.2, 0) is 14.8 Å². The van der Waals surface area contributed by atoms with Crippen molar-refractivity contribution in [2.75, 3.05) is 26.2 Å². The maximum absolute atomic E-state index is 13.8. The number of halogens is 2. The zero-order chi connectivity index (χ0) is 18.0. The second-order valence-corrected chi connectivity index (χ2v) is 8.24. The Balaban J connectivity index is 1.63. The molecule has 25 heavy (non-hydrogen) atoms. The molecule has 1 aliphatic heterocycles. The van der Waals surface area contributed by atoms with Gasteiger partial charge >= 0.3 is 0 Å². The third-order valence-corrected chi connectivity index (χ3v) is 6.58. The Labute approximate surface area is 146 Å². The molecule has 1 amide bonds. The van der Waals surface area contributed by atoms with E-state index in [9.17, 15) is 22.0 Å². The molecule has 1 aromatic carbocycles. The maximum atomic E-state index is 13.8. The van der Waals surface area contributed by atoms with E-state index >= 15 is 0 Å². The Morgan fingerprint density at radius 1 is 1.16 bits per heavy atom. The van der Waals surface area contributed by atoms with Gasteiger partial charge in [-0.1, -0.05) is 12.2 Å². The van der Waals surface area contributed by atoms with E-state index in [1.807, 2.05) is 0 Å². The second-order valence-electron chi connectivity index (χ2n) is 6.33. The molecule has 136 valence electrons. The largest absolute Gasteiger partial charge is 0.340 e. The van der Waals surface area contributed by atoms with E-state index in [0.717, 1.165) is 29.3 Å². The number of carbonyl (C=O) groups excluding carboxylic acids is 1. The van der Waals surface area contributed by atoms with Crippen LogP contribution in [-0.4, -0.2) is 49.7 Å². The van der Waals surface area contributed by atoms with E-state index in [1.54, 1.807) is 4.90 Å². The molecule has 0 spiro atoms. The van der Waals surface area contributed by atoms with Crippen molar-refractivity contribution in [1.29, 1.82) is 0 Å². The number of carbonyl (C=O) groups is 1. The third kappa shape index (κ3) is 3.90. The molecule has 1 saturated heterocycles. The lowest BCUT2D eigenvalue weighted by Crippen LogP contribution is -2.50. The van der Waals surface area contributed by atoms with E-state index in [4.69, 9.17) is 0 Å². The van der Waals surface area contributed by atoms with Gasteiger partial charge in [-0.3, -0.25) is 4.79 Å². The Morgan fingerprint density at radius 3 is 2.48 bits per heavy atom. The summed E-state index contributed by atoms with van der Waals surface area (Å²) in [7, 11) is -4.04. The number of rotatable bonds is 4. The molecule has 5 nitrogen and oxygen atoms in total. The number of sulfonamides is 1. The summed E-state index contributed by atoms with van der Waals surface area (Å²) >= 11 is 0. The van der Waals surface area contributed by atoms with E-state index in [1.165, 1.54) is 0 Å². The number of benzene rings is 1. The zero-order valence-electron chi connectivity index (χ0n) is 13.7. The number of hydrogen-bond acceptors (Lipinski definition) is 3. The highest BCUT2D eigenvalue weighted by Crippen LogP contribution is 2.24. The lowest BCUT2D eigenvalue weighted by molar-refractivity contribution is -0.133. The van der Waals surface area contributed by atoms with E-state index in [-0.39, 0.29) is 38.0 Å². The highest BCUT2D eigenvalue weighted by atomic mass is 32.2. The predicted octanol–water partition coefficient (Wildman–Crippen LogP) is 2.15. The summed E-state index contributed by atoms with van der Waals surface area (Å²) < 4.78 is 53.0. The normalized spacial score (nSPS) is 21.7. The summed E-state index contributed by atoms with van der Waals surface area (Å²) in [5.74, 6) is -1.65. The van der Waals surface area contributed by atoms with Crippen molar-refractivity contribution in [3.05, 3.63) is 42.0 Å². The number of piperazine rings is 1. The first-order valence-corrected chi connectivity index (χ1v) is 9.71. The fourth-order valence-electron chi connectivity index (χ4n) is 3.22. The molecule has 1 atom stereocenters. The van der Waals surface area contributed by atoms with E-state index < -0.39 is 26.6 Å². The molecule has 0 unspecified atom stereocenters. The van der Waals surface area contributed by atoms with Crippen LogP contribution in [0.1, 0.15) is 19.3 Å². The lowest BCUT2D eigenvalue weighted by atomic mass is 10.0. The van der Waals surface area contributed by atoms with Crippen molar-refractivity contribution in [3.8, 4) is 0 Å². The smallest absolute Gasteiger partial charge is 0.246 e. The van der Waals surface area contributed by atoms with Crippen molar-refractivity contribution in [2.45, 2.75) is 24.2 Å². The molecule has 1 aliphatic carbocycles. The number of amides is 1. The van der Waals surface area contributed by atoms with Gasteiger partial charge in [-0.2, -0.15) is 4.31 Å². The van der Waals surface area contributed by atoms with Gasteiger partial charge in [0.1, 0.15) is 16.5 Å². The minimum absolute atomic E-state index is 0.0153. The van der Waals surface area contributed by atoms with Crippen LogP contribution < -0.4 is 0 Å². The molecular formula is C17H20F2N2O3S. The van der Waals surface area contributed by atoms with Crippen molar-refractivity contribution < 1.29 is 22.0 Å². The summed E-state index contributed by atoms with van der Waals surface area (Å²) in [4.78, 5) is 13.4. The molecule has 1 fully saturated rings. The Hall–Kier alpha value is -1.80. The fraction of sp³-hybridized carbons (Fsp3) is 0.471. The Bertz CT molecular complexity index is 787. The summed E-state index contributed by atoms with van der Waals surface area (Å²) in [6.07, 6.45) is 6.53. The van der Waals surface area contributed by atoms with Crippen LogP contribution in [0.2, 0.25) is 0 Å². The summed E-state index contributed by atoms with van der Waals surface area (Å²) in [5.41, 5.74) is 0. The van der Waals surface area contributed by atoms with Gasteiger partial charge in [0.25, 0.3) is 0 Å². The number of nitrogens with zero attached hydrogens (tertiary/aromatic N) is 2. The highest BCUT2D eigenvalue weighted by molar-refractivity contribution is 7.89. The second kappa shape index (κ2) is 7.21. The van der Waals surface area contributed by atoms with Crippen LogP contribution in [0.3, 0.4) is 0 Å². The highest BCUT2D eigenvalue weighted by Gasteiger charge is 2.32. The van der Waals surface area contributed by atoms with Crippen LogP contribution in [0, 0.1) is 17.6 Å². The lowest BCUT2D eigenvalue weighted by Gasteiger charge is -2.34. The Morgan fingerprint density at radius 2 is 1.88 bits per heavy atom. The summed E-state index contributed by atoms with van der Waals surface area (Å²) in [5, 5.41) is 0. The first kappa shape index (κ1) is 18.0. The average molecular weight is 370 g/mol. The SMILES string of the molecule is O=C(C[C@@H]1C=CCC1)N1CCN(S(=O)(=O)c2ccc(F)cc2F)CC1. The molecular weight excluding hydrogens is 350 g/mol.